The summed E-state index contributed by atoms with van der Waals surface area (Å²) in [6.45, 7) is 6.21. The second-order valence-electron chi connectivity index (χ2n) is 4.23. The van der Waals surface area contributed by atoms with Gasteiger partial charge in [-0.2, -0.15) is 0 Å². The minimum absolute atomic E-state index is 0.336. The number of halogens is 1. The number of nitrogens with zero attached hydrogens (tertiary/aromatic N) is 1. The van der Waals surface area contributed by atoms with Crippen molar-refractivity contribution >= 4 is 21.8 Å². The van der Waals surface area contributed by atoms with Gasteiger partial charge in [-0.25, -0.2) is 0 Å². The van der Waals surface area contributed by atoms with Gasteiger partial charge >= 0.3 is 0 Å². The lowest BCUT2D eigenvalue weighted by molar-refractivity contribution is -0.132. The van der Waals surface area contributed by atoms with Crippen molar-refractivity contribution < 1.29 is 4.79 Å². The maximum atomic E-state index is 11.7. The summed E-state index contributed by atoms with van der Waals surface area (Å²) in [6.07, 6.45) is 3.99. The molecule has 2 unspecified atom stereocenters. The number of carbonyl (C=O) groups excluding carboxylic acids is 1. The lowest BCUT2D eigenvalue weighted by Crippen LogP contribution is -2.43. The first kappa shape index (κ1) is 12.0. The molecule has 2 nitrogen and oxygen atoms in total. The molecule has 1 aliphatic rings. The summed E-state index contributed by atoms with van der Waals surface area (Å²) in [7, 11) is 0. The molecule has 0 aromatic heterocycles. The van der Waals surface area contributed by atoms with E-state index in [9.17, 15) is 4.79 Å². The number of alkyl halides is 1. The Labute approximate surface area is 95.2 Å². The largest absolute Gasteiger partial charge is 0.342 e. The molecule has 1 heterocycles. The molecule has 0 radical (unpaired) electrons. The molecule has 1 aliphatic heterocycles. The van der Waals surface area contributed by atoms with E-state index in [4.69, 9.17) is 0 Å². The van der Waals surface area contributed by atoms with E-state index in [1.807, 2.05) is 4.90 Å². The van der Waals surface area contributed by atoms with Crippen molar-refractivity contribution in [2.45, 2.75) is 44.4 Å². The smallest absolute Gasteiger partial charge is 0.222 e. The van der Waals surface area contributed by atoms with Gasteiger partial charge in [0.1, 0.15) is 0 Å². The molecule has 1 saturated heterocycles. The second kappa shape index (κ2) is 5.74. The number of rotatable bonds is 3. The van der Waals surface area contributed by atoms with Gasteiger partial charge in [-0.3, -0.25) is 4.79 Å². The average Bonchev–Trinajstić information content (AvgIpc) is 2.18. The molecule has 82 valence electrons. The lowest BCUT2D eigenvalue weighted by Gasteiger charge is -2.34. The molecule has 0 bridgehead atoms. The minimum atomic E-state index is 0.336. The number of carbonyl (C=O) groups is 1. The summed E-state index contributed by atoms with van der Waals surface area (Å²) < 4.78 is 0. The molecule has 1 fully saturated rings. The van der Waals surface area contributed by atoms with E-state index in [-0.39, 0.29) is 0 Å². The highest BCUT2D eigenvalue weighted by Crippen LogP contribution is 2.23. The standard InChI is InChI=1S/C11H20BrNO/c1-3-4-5-11(14)13-7-6-9(2)10(12)8-13/h9-10H,3-8H2,1-2H3. The topological polar surface area (TPSA) is 20.3 Å². The summed E-state index contributed by atoms with van der Waals surface area (Å²) in [5, 5.41) is 0. The predicted molar refractivity (Wildman–Crippen MR) is 62.6 cm³/mol. The van der Waals surface area contributed by atoms with Crippen molar-refractivity contribution in [2.75, 3.05) is 13.1 Å². The van der Waals surface area contributed by atoms with Crippen molar-refractivity contribution in [1.82, 2.24) is 4.90 Å². The molecule has 0 saturated carbocycles. The third kappa shape index (κ3) is 3.26. The second-order valence-corrected chi connectivity index (χ2v) is 5.40. The van der Waals surface area contributed by atoms with E-state index >= 15 is 0 Å². The summed E-state index contributed by atoms with van der Waals surface area (Å²) in [5.74, 6) is 1.04. The quantitative estimate of drug-likeness (QED) is 0.716. The van der Waals surface area contributed by atoms with Crippen molar-refractivity contribution in [3.8, 4) is 0 Å². The summed E-state index contributed by atoms with van der Waals surface area (Å²) in [6, 6.07) is 0. The first-order chi connectivity index (χ1) is 6.65. The fraction of sp³-hybridized carbons (Fsp3) is 0.909. The van der Waals surface area contributed by atoms with Crippen LogP contribution in [0.25, 0.3) is 0 Å². The minimum Gasteiger partial charge on any atom is -0.342 e. The molecule has 2 atom stereocenters. The van der Waals surface area contributed by atoms with Gasteiger partial charge < -0.3 is 4.90 Å². The molecular formula is C11H20BrNO. The fourth-order valence-electron chi connectivity index (χ4n) is 1.73. The van der Waals surface area contributed by atoms with Gasteiger partial charge in [0.25, 0.3) is 0 Å². The van der Waals surface area contributed by atoms with Gasteiger partial charge in [-0.15, -0.1) is 0 Å². The third-order valence-corrected chi connectivity index (χ3v) is 4.16. The Hall–Kier alpha value is -0.0500. The maximum Gasteiger partial charge on any atom is 0.222 e. The number of piperidine rings is 1. The number of hydrogen-bond donors (Lipinski definition) is 0. The first-order valence-electron chi connectivity index (χ1n) is 5.57. The average molecular weight is 262 g/mol. The highest BCUT2D eigenvalue weighted by Gasteiger charge is 2.26. The van der Waals surface area contributed by atoms with Crippen LogP contribution >= 0.6 is 15.9 Å². The van der Waals surface area contributed by atoms with Gasteiger partial charge in [0.15, 0.2) is 0 Å². The molecule has 14 heavy (non-hydrogen) atoms. The molecule has 3 heteroatoms. The fourth-order valence-corrected chi connectivity index (χ4v) is 2.35. The summed E-state index contributed by atoms with van der Waals surface area (Å²) in [5.41, 5.74) is 0. The molecule has 0 N–H and O–H groups in total. The molecule has 0 aromatic rings. The van der Waals surface area contributed by atoms with Crippen molar-refractivity contribution in [3.63, 3.8) is 0 Å². The van der Waals surface area contributed by atoms with Crippen LogP contribution in [0.15, 0.2) is 0 Å². The Bertz CT molecular complexity index is 196. The van der Waals surface area contributed by atoms with E-state index in [0.717, 1.165) is 38.8 Å². The van der Waals surface area contributed by atoms with Crippen LogP contribution < -0.4 is 0 Å². The van der Waals surface area contributed by atoms with Crippen LogP contribution in [0, 0.1) is 5.92 Å². The van der Waals surface area contributed by atoms with E-state index in [0.29, 0.717) is 16.7 Å². The van der Waals surface area contributed by atoms with Gasteiger partial charge in [0, 0.05) is 24.3 Å². The summed E-state index contributed by atoms with van der Waals surface area (Å²) in [4.78, 5) is 14.2. The Balaban J connectivity index is 2.34. The molecule has 0 aliphatic carbocycles. The Morgan fingerprint density at radius 2 is 2.29 bits per heavy atom. The highest BCUT2D eigenvalue weighted by molar-refractivity contribution is 9.09. The van der Waals surface area contributed by atoms with Gasteiger partial charge in [-0.05, 0) is 18.8 Å². The van der Waals surface area contributed by atoms with Crippen LogP contribution in [0.1, 0.15) is 39.5 Å². The Kier molecular flexibility index (Phi) is 4.93. The molecular weight excluding hydrogens is 242 g/mol. The zero-order chi connectivity index (χ0) is 10.6. The Morgan fingerprint density at radius 3 is 2.86 bits per heavy atom. The predicted octanol–water partition coefficient (Wildman–Crippen LogP) is 2.81. The van der Waals surface area contributed by atoms with E-state index in [1.54, 1.807) is 0 Å². The van der Waals surface area contributed by atoms with Crippen molar-refractivity contribution in [1.29, 1.82) is 0 Å². The lowest BCUT2D eigenvalue weighted by atomic mass is 9.98. The first-order valence-corrected chi connectivity index (χ1v) is 6.48. The zero-order valence-corrected chi connectivity index (χ0v) is 10.7. The van der Waals surface area contributed by atoms with Crippen LogP contribution in [-0.4, -0.2) is 28.7 Å². The van der Waals surface area contributed by atoms with E-state index < -0.39 is 0 Å². The number of amides is 1. The summed E-state index contributed by atoms with van der Waals surface area (Å²) >= 11 is 3.64. The highest BCUT2D eigenvalue weighted by atomic mass is 79.9. The molecule has 0 aromatic carbocycles. The van der Waals surface area contributed by atoms with Crippen molar-refractivity contribution in [3.05, 3.63) is 0 Å². The number of unbranched alkanes of at least 4 members (excludes halogenated alkanes) is 1. The normalized spacial score (nSPS) is 27.8. The monoisotopic (exact) mass is 261 g/mol. The van der Waals surface area contributed by atoms with Gasteiger partial charge in [0.2, 0.25) is 5.91 Å². The Morgan fingerprint density at radius 1 is 1.57 bits per heavy atom. The van der Waals surface area contributed by atoms with Crippen LogP contribution in [0.2, 0.25) is 0 Å². The van der Waals surface area contributed by atoms with Gasteiger partial charge in [0.05, 0.1) is 0 Å². The van der Waals surface area contributed by atoms with E-state index in [2.05, 4.69) is 29.8 Å². The van der Waals surface area contributed by atoms with Crippen LogP contribution in [0.3, 0.4) is 0 Å². The van der Waals surface area contributed by atoms with Crippen LogP contribution in [-0.2, 0) is 4.79 Å². The SMILES string of the molecule is CCCCC(=O)N1CCC(C)C(Br)C1. The van der Waals surface area contributed by atoms with Crippen LogP contribution in [0.5, 0.6) is 0 Å². The number of likely N-dealkylation sites (tertiary alicyclic amines) is 1. The van der Waals surface area contributed by atoms with E-state index in [1.165, 1.54) is 0 Å². The maximum absolute atomic E-state index is 11.7. The molecule has 0 spiro atoms. The molecule has 1 rings (SSSR count). The molecule has 1 amide bonds. The van der Waals surface area contributed by atoms with Crippen LogP contribution in [0.4, 0.5) is 0 Å². The van der Waals surface area contributed by atoms with Crippen molar-refractivity contribution in [2.24, 2.45) is 5.92 Å². The number of hydrogen-bond acceptors (Lipinski definition) is 1. The van der Waals surface area contributed by atoms with Gasteiger partial charge in [-0.1, -0.05) is 36.2 Å². The third-order valence-electron chi connectivity index (χ3n) is 2.96. The zero-order valence-electron chi connectivity index (χ0n) is 9.13.